The summed E-state index contributed by atoms with van der Waals surface area (Å²) in [7, 11) is 0. The monoisotopic (exact) mass is 124 g/mol. The minimum Gasteiger partial charge on any atom is -0.380 e. The maximum absolute atomic E-state index is 5.02. The average Bonchev–Trinajstić information content (AvgIpc) is 2.11. The summed E-state index contributed by atoms with van der Waals surface area (Å²) in [4.78, 5) is 0. The molecule has 2 heterocycles. The minimum absolute atomic E-state index is 0.601. The van der Waals surface area contributed by atoms with Gasteiger partial charge in [-0.2, -0.15) is 5.10 Å². The second kappa shape index (κ2) is 1.84. The Balaban J connectivity index is 2.14. The number of hydrogen-bond donors (Lipinski definition) is 1. The fourth-order valence-corrected chi connectivity index (χ4v) is 0.912. The van der Waals surface area contributed by atoms with Gasteiger partial charge in [-0.1, -0.05) is 0 Å². The smallest absolute Gasteiger partial charge is 0.0558 e. The zero-order chi connectivity index (χ0) is 6.10. The van der Waals surface area contributed by atoms with E-state index in [-0.39, 0.29) is 0 Å². The first-order valence-corrected chi connectivity index (χ1v) is 3.03. The highest BCUT2D eigenvalue weighted by Gasteiger charge is 2.20. The van der Waals surface area contributed by atoms with Gasteiger partial charge in [0.15, 0.2) is 0 Å². The van der Waals surface area contributed by atoms with Crippen LogP contribution < -0.4 is 0 Å². The van der Waals surface area contributed by atoms with Crippen molar-refractivity contribution < 1.29 is 4.74 Å². The number of ether oxygens (including phenoxy) is 1. The van der Waals surface area contributed by atoms with Crippen molar-refractivity contribution in [3.05, 3.63) is 18.0 Å². The molecule has 0 spiro atoms. The van der Waals surface area contributed by atoms with Gasteiger partial charge in [-0.3, -0.25) is 5.10 Å². The van der Waals surface area contributed by atoms with E-state index in [2.05, 4.69) is 10.2 Å². The van der Waals surface area contributed by atoms with Gasteiger partial charge in [0.05, 0.1) is 19.4 Å². The molecule has 0 amide bonds. The molecule has 1 N–H and O–H groups in total. The van der Waals surface area contributed by atoms with E-state index in [4.69, 9.17) is 4.74 Å². The zero-order valence-electron chi connectivity index (χ0n) is 5.00. The van der Waals surface area contributed by atoms with Crippen molar-refractivity contribution in [1.29, 1.82) is 0 Å². The van der Waals surface area contributed by atoms with Crippen LogP contribution in [0.5, 0.6) is 0 Å². The van der Waals surface area contributed by atoms with Crippen LogP contribution in [-0.4, -0.2) is 23.4 Å². The van der Waals surface area contributed by atoms with Crippen molar-refractivity contribution >= 4 is 0 Å². The van der Waals surface area contributed by atoms with Gasteiger partial charge in [0, 0.05) is 12.1 Å². The number of H-pyrrole nitrogens is 1. The molecule has 1 aliphatic rings. The van der Waals surface area contributed by atoms with Crippen LogP contribution in [0.15, 0.2) is 12.4 Å². The standard InChI is InChI=1S/C6H8N2O/c1-5(2-8-7-1)6-3-9-4-6/h1-2,6H,3-4H2,(H,7,8). The molecule has 0 saturated carbocycles. The van der Waals surface area contributed by atoms with E-state index in [1.54, 1.807) is 0 Å². The first-order valence-electron chi connectivity index (χ1n) is 3.03. The minimum atomic E-state index is 0.601. The first kappa shape index (κ1) is 4.99. The molecule has 2 rings (SSSR count). The third kappa shape index (κ3) is 0.733. The fourth-order valence-electron chi connectivity index (χ4n) is 0.912. The van der Waals surface area contributed by atoms with Crippen LogP contribution in [0, 0.1) is 0 Å². The van der Waals surface area contributed by atoms with Gasteiger partial charge in [-0.05, 0) is 5.56 Å². The Labute approximate surface area is 53.0 Å². The lowest BCUT2D eigenvalue weighted by atomic mass is 10.0. The van der Waals surface area contributed by atoms with Crippen LogP contribution in [0.3, 0.4) is 0 Å². The van der Waals surface area contributed by atoms with Crippen LogP contribution >= 0.6 is 0 Å². The van der Waals surface area contributed by atoms with E-state index in [1.807, 2.05) is 12.4 Å². The molecule has 3 heteroatoms. The summed E-state index contributed by atoms with van der Waals surface area (Å²) in [5.74, 6) is 0.601. The Morgan fingerprint density at radius 3 is 3.00 bits per heavy atom. The predicted molar refractivity (Wildman–Crippen MR) is 32.1 cm³/mol. The molecule has 1 fully saturated rings. The summed E-state index contributed by atoms with van der Waals surface area (Å²) in [6.45, 7) is 1.72. The van der Waals surface area contributed by atoms with Gasteiger partial charge >= 0.3 is 0 Å². The summed E-state index contributed by atoms with van der Waals surface area (Å²) in [5.41, 5.74) is 1.27. The van der Waals surface area contributed by atoms with Crippen molar-refractivity contribution in [2.45, 2.75) is 5.92 Å². The van der Waals surface area contributed by atoms with E-state index in [9.17, 15) is 0 Å². The molecule has 0 aliphatic carbocycles. The molecule has 0 radical (unpaired) electrons. The van der Waals surface area contributed by atoms with Crippen molar-refractivity contribution in [2.75, 3.05) is 13.2 Å². The Morgan fingerprint density at radius 1 is 1.67 bits per heavy atom. The molecule has 9 heavy (non-hydrogen) atoms. The summed E-state index contributed by atoms with van der Waals surface area (Å²) >= 11 is 0. The molecule has 1 saturated heterocycles. The lowest BCUT2D eigenvalue weighted by molar-refractivity contribution is 0.00843. The van der Waals surface area contributed by atoms with E-state index >= 15 is 0 Å². The second-order valence-corrected chi connectivity index (χ2v) is 2.27. The van der Waals surface area contributed by atoms with Crippen LogP contribution in [0.25, 0.3) is 0 Å². The maximum atomic E-state index is 5.02. The highest BCUT2D eigenvalue weighted by molar-refractivity contribution is 5.12. The molecule has 0 atom stereocenters. The van der Waals surface area contributed by atoms with E-state index in [0.29, 0.717) is 5.92 Å². The van der Waals surface area contributed by atoms with Gasteiger partial charge < -0.3 is 4.74 Å². The SMILES string of the molecule is c1n[nH]cc1C1COC1. The Kier molecular flexibility index (Phi) is 1.02. The predicted octanol–water partition coefficient (Wildman–Crippen LogP) is 0.524. The third-order valence-electron chi connectivity index (χ3n) is 1.63. The summed E-state index contributed by atoms with van der Waals surface area (Å²) in [5, 5.41) is 6.62. The second-order valence-electron chi connectivity index (χ2n) is 2.27. The number of rotatable bonds is 1. The van der Waals surface area contributed by atoms with Crippen molar-refractivity contribution in [3.8, 4) is 0 Å². The summed E-state index contributed by atoms with van der Waals surface area (Å²) in [6, 6.07) is 0. The van der Waals surface area contributed by atoms with Gasteiger partial charge in [0.25, 0.3) is 0 Å². The van der Waals surface area contributed by atoms with E-state index < -0.39 is 0 Å². The molecular formula is C6H8N2O. The van der Waals surface area contributed by atoms with Crippen LogP contribution in [0.4, 0.5) is 0 Å². The molecule has 0 bridgehead atoms. The number of nitrogens with one attached hydrogen (secondary N) is 1. The van der Waals surface area contributed by atoms with Crippen molar-refractivity contribution in [2.24, 2.45) is 0 Å². The Hall–Kier alpha value is -0.830. The van der Waals surface area contributed by atoms with Crippen LogP contribution in [0.2, 0.25) is 0 Å². The Bertz CT molecular complexity index is 179. The fraction of sp³-hybridized carbons (Fsp3) is 0.500. The number of nitrogens with zero attached hydrogens (tertiary/aromatic N) is 1. The van der Waals surface area contributed by atoms with Gasteiger partial charge in [0.1, 0.15) is 0 Å². The topological polar surface area (TPSA) is 37.9 Å². The maximum Gasteiger partial charge on any atom is 0.0558 e. The first-order chi connectivity index (χ1) is 4.47. The lowest BCUT2D eigenvalue weighted by Crippen LogP contribution is -2.24. The van der Waals surface area contributed by atoms with Crippen LogP contribution in [-0.2, 0) is 4.74 Å². The molecule has 1 aromatic rings. The molecule has 48 valence electrons. The normalized spacial score (nSPS) is 19.6. The average molecular weight is 124 g/mol. The van der Waals surface area contributed by atoms with Gasteiger partial charge in [-0.15, -0.1) is 0 Å². The van der Waals surface area contributed by atoms with Crippen molar-refractivity contribution in [3.63, 3.8) is 0 Å². The van der Waals surface area contributed by atoms with E-state index in [1.165, 1.54) is 5.56 Å². The third-order valence-corrected chi connectivity index (χ3v) is 1.63. The molecular weight excluding hydrogens is 116 g/mol. The summed E-state index contributed by atoms with van der Waals surface area (Å²) < 4.78 is 5.02. The number of hydrogen-bond acceptors (Lipinski definition) is 2. The highest BCUT2D eigenvalue weighted by atomic mass is 16.5. The molecule has 0 unspecified atom stereocenters. The van der Waals surface area contributed by atoms with Gasteiger partial charge in [0.2, 0.25) is 0 Å². The van der Waals surface area contributed by atoms with E-state index in [0.717, 1.165) is 13.2 Å². The lowest BCUT2D eigenvalue weighted by Gasteiger charge is -2.24. The molecule has 1 aromatic heterocycles. The zero-order valence-corrected chi connectivity index (χ0v) is 5.00. The number of aromatic amines is 1. The number of aromatic nitrogens is 2. The van der Waals surface area contributed by atoms with Crippen LogP contribution in [0.1, 0.15) is 11.5 Å². The Morgan fingerprint density at radius 2 is 2.56 bits per heavy atom. The molecule has 1 aliphatic heterocycles. The largest absolute Gasteiger partial charge is 0.380 e. The quantitative estimate of drug-likeness (QED) is 0.592. The summed E-state index contributed by atoms with van der Waals surface area (Å²) in [6.07, 6.45) is 3.78. The van der Waals surface area contributed by atoms with Crippen molar-refractivity contribution in [1.82, 2.24) is 10.2 Å². The van der Waals surface area contributed by atoms with Gasteiger partial charge in [-0.25, -0.2) is 0 Å². The molecule has 0 aromatic carbocycles. The highest BCUT2D eigenvalue weighted by Crippen LogP contribution is 2.21. The molecule has 3 nitrogen and oxygen atoms in total.